The molecule has 0 radical (unpaired) electrons. The van der Waals surface area contributed by atoms with Crippen molar-refractivity contribution < 1.29 is 14.4 Å². The van der Waals surface area contributed by atoms with E-state index in [-0.39, 0.29) is 41.7 Å². The van der Waals surface area contributed by atoms with Crippen LogP contribution in [0, 0.1) is 0 Å². The van der Waals surface area contributed by atoms with Gasteiger partial charge in [0.2, 0.25) is 0 Å². The molecular formula is C20H19Cl2N3O3. The predicted octanol–water partition coefficient (Wildman–Crippen LogP) is 2.77. The van der Waals surface area contributed by atoms with Gasteiger partial charge >= 0.3 is 0 Å². The Bertz CT molecular complexity index is 963. The summed E-state index contributed by atoms with van der Waals surface area (Å²) in [6, 6.07) is 12.0. The van der Waals surface area contributed by atoms with Crippen LogP contribution in [0.2, 0.25) is 5.02 Å². The molecule has 2 aromatic rings. The summed E-state index contributed by atoms with van der Waals surface area (Å²) in [5, 5.41) is 3.93. The third-order valence-corrected chi connectivity index (χ3v) is 5.31. The van der Waals surface area contributed by atoms with Crippen LogP contribution in [0.25, 0.3) is 0 Å². The number of nitrogens with one attached hydrogen (secondary N) is 1. The van der Waals surface area contributed by atoms with E-state index < -0.39 is 0 Å². The zero-order chi connectivity index (χ0) is 19.1. The normalized spacial score (nSPS) is 18.7. The van der Waals surface area contributed by atoms with Gasteiger partial charge in [-0.2, -0.15) is 0 Å². The number of rotatable bonds is 2. The molecule has 28 heavy (non-hydrogen) atoms. The average Bonchev–Trinajstić information content (AvgIpc) is 2.91. The molecule has 0 spiro atoms. The van der Waals surface area contributed by atoms with Crippen LogP contribution in [-0.4, -0.2) is 54.2 Å². The van der Waals surface area contributed by atoms with E-state index in [0.29, 0.717) is 35.8 Å². The van der Waals surface area contributed by atoms with Crippen LogP contribution >= 0.6 is 24.0 Å². The third-order valence-electron chi connectivity index (χ3n) is 5.07. The molecule has 0 saturated carbocycles. The van der Waals surface area contributed by atoms with Crippen LogP contribution in [0.5, 0.6) is 0 Å². The van der Waals surface area contributed by atoms with Crippen molar-refractivity contribution in [1.82, 2.24) is 15.1 Å². The van der Waals surface area contributed by atoms with Gasteiger partial charge in [-0.05, 0) is 35.9 Å². The van der Waals surface area contributed by atoms with Crippen molar-refractivity contribution in [3.05, 3.63) is 69.7 Å². The van der Waals surface area contributed by atoms with E-state index in [2.05, 4.69) is 5.32 Å². The maximum Gasteiger partial charge on any atom is 0.261 e. The maximum atomic E-state index is 13.2. The highest BCUT2D eigenvalue weighted by Crippen LogP contribution is 2.28. The van der Waals surface area contributed by atoms with E-state index >= 15 is 0 Å². The number of imide groups is 1. The van der Waals surface area contributed by atoms with Gasteiger partial charge < -0.3 is 10.2 Å². The topological polar surface area (TPSA) is 69.7 Å². The summed E-state index contributed by atoms with van der Waals surface area (Å²) >= 11 is 6.12. The maximum absolute atomic E-state index is 13.2. The Morgan fingerprint density at radius 3 is 2.61 bits per heavy atom. The molecule has 2 aromatic carbocycles. The quantitative estimate of drug-likeness (QED) is 0.759. The lowest BCUT2D eigenvalue weighted by Gasteiger charge is -2.36. The monoisotopic (exact) mass is 419 g/mol. The number of nitrogens with zero attached hydrogens (tertiary/aromatic N) is 2. The molecule has 1 fully saturated rings. The van der Waals surface area contributed by atoms with Crippen LogP contribution in [0.15, 0.2) is 42.5 Å². The van der Waals surface area contributed by atoms with Crippen LogP contribution in [-0.2, 0) is 0 Å². The summed E-state index contributed by atoms with van der Waals surface area (Å²) in [5.74, 6) is -0.886. The van der Waals surface area contributed by atoms with Crippen molar-refractivity contribution in [2.24, 2.45) is 0 Å². The Balaban J connectivity index is 0.00000225. The fourth-order valence-corrected chi connectivity index (χ4v) is 3.82. The zero-order valence-electron chi connectivity index (χ0n) is 15.1. The zero-order valence-corrected chi connectivity index (χ0v) is 16.7. The Morgan fingerprint density at radius 2 is 1.86 bits per heavy atom. The van der Waals surface area contributed by atoms with Crippen LogP contribution in [0.3, 0.4) is 0 Å². The first-order chi connectivity index (χ1) is 13.0. The fraction of sp³-hybridized carbons (Fsp3) is 0.250. The third kappa shape index (κ3) is 3.39. The molecule has 0 aliphatic carbocycles. The van der Waals surface area contributed by atoms with Crippen LogP contribution in [0.4, 0.5) is 0 Å². The number of piperazine rings is 1. The van der Waals surface area contributed by atoms with E-state index in [1.54, 1.807) is 23.1 Å². The predicted molar refractivity (Wildman–Crippen MR) is 108 cm³/mol. The highest BCUT2D eigenvalue weighted by molar-refractivity contribution is 6.30. The largest absolute Gasteiger partial charge is 0.329 e. The molecule has 3 amide bonds. The molecule has 2 aliphatic heterocycles. The molecule has 6 nitrogen and oxygen atoms in total. The minimum atomic E-state index is -0.378. The summed E-state index contributed by atoms with van der Waals surface area (Å²) in [6.45, 7) is 1.85. The van der Waals surface area contributed by atoms with Gasteiger partial charge in [-0.3, -0.25) is 19.3 Å². The van der Waals surface area contributed by atoms with Gasteiger partial charge in [-0.25, -0.2) is 0 Å². The number of fused-ring (bicyclic) bond motifs is 1. The summed E-state index contributed by atoms with van der Waals surface area (Å²) < 4.78 is 0. The lowest BCUT2D eigenvalue weighted by molar-refractivity contribution is 0.0633. The first-order valence-corrected chi connectivity index (χ1v) is 9.09. The van der Waals surface area contributed by atoms with Crippen molar-refractivity contribution in [2.75, 3.05) is 26.7 Å². The van der Waals surface area contributed by atoms with Crippen molar-refractivity contribution in [2.45, 2.75) is 6.04 Å². The minimum absolute atomic E-state index is 0. The van der Waals surface area contributed by atoms with Crippen LogP contribution < -0.4 is 5.32 Å². The lowest BCUT2D eigenvalue weighted by Crippen LogP contribution is -2.48. The van der Waals surface area contributed by atoms with Gasteiger partial charge in [-0.15, -0.1) is 12.4 Å². The second-order valence-electron chi connectivity index (χ2n) is 6.70. The van der Waals surface area contributed by atoms with Gasteiger partial charge in [0.25, 0.3) is 17.7 Å². The second-order valence-corrected chi connectivity index (χ2v) is 7.14. The summed E-state index contributed by atoms with van der Waals surface area (Å²) in [4.78, 5) is 40.3. The summed E-state index contributed by atoms with van der Waals surface area (Å²) in [5.41, 5.74) is 1.97. The lowest BCUT2D eigenvalue weighted by atomic mass is 10.0. The second kappa shape index (κ2) is 7.91. The van der Waals surface area contributed by atoms with E-state index in [1.807, 2.05) is 18.2 Å². The SMILES string of the molecule is CN1C(=O)c2ccc(C(=O)N3CCNCC3c3cccc(Cl)c3)cc2C1=O.Cl. The average molecular weight is 420 g/mol. The standard InChI is InChI=1S/C20H18ClN3O3.ClH/c1-23-19(26)15-6-5-13(10-16(15)20(23)27)18(25)24-8-7-22-11-17(24)12-3-2-4-14(21)9-12;/h2-6,9-10,17,22H,7-8,11H2,1H3;1H. The number of hydrogen-bond acceptors (Lipinski definition) is 4. The van der Waals surface area contributed by atoms with Gasteiger partial charge in [0.1, 0.15) is 0 Å². The first kappa shape index (κ1) is 20.3. The smallest absolute Gasteiger partial charge is 0.261 e. The van der Waals surface area contributed by atoms with Crippen molar-refractivity contribution >= 4 is 41.7 Å². The molecule has 1 N–H and O–H groups in total. The first-order valence-electron chi connectivity index (χ1n) is 8.71. The summed E-state index contributed by atoms with van der Waals surface area (Å²) in [6.07, 6.45) is 0. The molecule has 8 heteroatoms. The highest BCUT2D eigenvalue weighted by atomic mass is 35.5. The van der Waals surface area contributed by atoms with Gasteiger partial charge in [0.05, 0.1) is 17.2 Å². The van der Waals surface area contributed by atoms with E-state index in [1.165, 1.54) is 13.1 Å². The molecule has 0 aromatic heterocycles. The molecule has 1 unspecified atom stereocenters. The van der Waals surface area contributed by atoms with E-state index in [4.69, 9.17) is 11.6 Å². The van der Waals surface area contributed by atoms with E-state index in [0.717, 1.165) is 10.5 Å². The van der Waals surface area contributed by atoms with Gasteiger partial charge in [0, 0.05) is 37.3 Å². The molecule has 2 heterocycles. The van der Waals surface area contributed by atoms with E-state index in [9.17, 15) is 14.4 Å². The molecule has 146 valence electrons. The number of carbonyl (C=O) groups is 3. The number of hydrogen-bond donors (Lipinski definition) is 1. The fourth-order valence-electron chi connectivity index (χ4n) is 3.62. The minimum Gasteiger partial charge on any atom is -0.329 e. The molecule has 0 bridgehead atoms. The number of halogens is 2. The molecule has 1 saturated heterocycles. The highest BCUT2D eigenvalue weighted by Gasteiger charge is 2.35. The van der Waals surface area contributed by atoms with Gasteiger partial charge in [-0.1, -0.05) is 23.7 Å². The number of benzene rings is 2. The van der Waals surface area contributed by atoms with Crippen LogP contribution in [0.1, 0.15) is 42.7 Å². The Morgan fingerprint density at radius 1 is 1.11 bits per heavy atom. The molecular weight excluding hydrogens is 401 g/mol. The molecule has 4 rings (SSSR count). The number of carbonyl (C=O) groups excluding carboxylic acids is 3. The van der Waals surface area contributed by atoms with Crippen molar-refractivity contribution in [1.29, 1.82) is 0 Å². The Kier molecular flexibility index (Phi) is 5.74. The summed E-state index contributed by atoms with van der Waals surface area (Å²) in [7, 11) is 1.44. The molecule has 2 aliphatic rings. The number of amides is 3. The Hall–Kier alpha value is -2.41. The van der Waals surface area contributed by atoms with Crippen molar-refractivity contribution in [3.8, 4) is 0 Å². The molecule has 1 atom stereocenters. The Labute approximate surface area is 173 Å². The van der Waals surface area contributed by atoms with Crippen molar-refractivity contribution in [3.63, 3.8) is 0 Å². The van der Waals surface area contributed by atoms with Gasteiger partial charge in [0.15, 0.2) is 0 Å².